The van der Waals surface area contributed by atoms with E-state index in [1.807, 2.05) is 26.2 Å². The van der Waals surface area contributed by atoms with Crippen LogP contribution in [0.5, 0.6) is 0 Å². The normalized spacial score (nSPS) is 11.4. The average molecular weight is 507 g/mol. The third kappa shape index (κ3) is 11.1. The molecule has 0 N–H and O–H groups in total. The summed E-state index contributed by atoms with van der Waals surface area (Å²) >= 11 is 0. The monoisotopic (exact) mass is 506 g/mol. The minimum absolute atomic E-state index is 0. The quantitative estimate of drug-likeness (QED) is 0.305. The second kappa shape index (κ2) is 13.3. The first-order valence-corrected chi connectivity index (χ1v) is 12.9. The van der Waals surface area contributed by atoms with Crippen molar-refractivity contribution in [2.45, 2.75) is 128 Å². The Morgan fingerprint density at radius 1 is 0.486 bits per heavy atom. The molecule has 4 nitrogen and oxygen atoms in total. The minimum atomic E-state index is 0. The Morgan fingerprint density at radius 2 is 0.973 bits per heavy atom. The van der Waals surface area contributed by atoms with Crippen molar-refractivity contribution in [2.24, 2.45) is 0 Å². The average Bonchev–Trinajstić information content (AvgIpc) is 2.72. The summed E-state index contributed by atoms with van der Waals surface area (Å²) in [6, 6.07) is 6.43. The van der Waals surface area contributed by atoms with Gasteiger partial charge in [-0.05, 0) is 75.9 Å². The number of rotatable bonds is 0. The van der Waals surface area contributed by atoms with Crippen molar-refractivity contribution < 1.29 is 0 Å². The topological polar surface area (TPSA) is 51.6 Å². The summed E-state index contributed by atoms with van der Waals surface area (Å²) < 4.78 is 0. The third-order valence-electron chi connectivity index (χ3n) is 6.16. The molecule has 206 valence electrons. The SMILES string of the molecule is C.Cc1ccc(C(C)(C)C)nc1C.Cc1cnc(C(C)(C)C)cc1C.Cc1cnc(C(C)(C)C)nc1C. The zero-order valence-corrected chi connectivity index (χ0v) is 25.7. The van der Waals surface area contributed by atoms with Gasteiger partial charge in [0.25, 0.3) is 0 Å². The maximum absolute atomic E-state index is 4.54. The first-order valence-electron chi connectivity index (χ1n) is 12.9. The van der Waals surface area contributed by atoms with Crippen LogP contribution in [-0.2, 0) is 16.2 Å². The molecule has 3 rings (SSSR count). The Morgan fingerprint density at radius 3 is 1.38 bits per heavy atom. The number of hydrogen-bond donors (Lipinski definition) is 0. The molecule has 0 amide bonds. The van der Waals surface area contributed by atoms with E-state index < -0.39 is 0 Å². The van der Waals surface area contributed by atoms with E-state index in [-0.39, 0.29) is 23.7 Å². The molecule has 3 aromatic rings. The van der Waals surface area contributed by atoms with Gasteiger partial charge < -0.3 is 0 Å². The van der Waals surface area contributed by atoms with Crippen LogP contribution in [0, 0.1) is 41.5 Å². The lowest BCUT2D eigenvalue weighted by Gasteiger charge is -2.18. The van der Waals surface area contributed by atoms with E-state index >= 15 is 0 Å². The largest absolute Gasteiger partial charge is 0.260 e. The van der Waals surface area contributed by atoms with Crippen molar-refractivity contribution in [2.75, 3.05) is 0 Å². The predicted octanol–water partition coefficient (Wildman–Crippen LogP) is 9.02. The van der Waals surface area contributed by atoms with Gasteiger partial charge in [0, 0.05) is 51.4 Å². The van der Waals surface area contributed by atoms with E-state index in [2.05, 4.69) is 128 Å². The molecule has 0 aliphatic rings. The highest BCUT2D eigenvalue weighted by Gasteiger charge is 2.17. The highest BCUT2D eigenvalue weighted by atomic mass is 14.9. The Kier molecular flexibility index (Phi) is 12.3. The van der Waals surface area contributed by atoms with Crippen LogP contribution in [0.3, 0.4) is 0 Å². The standard InChI is InChI=1S/2C11H17N.C10H16N2.CH4/c1-8-6-10(11(3,4)5)12-7-9(8)2;1-8-6-7-10(11(3,4)5)12-9(8)2;1-7-6-11-9(10(3,4)5)12-8(7)2;/h2*6-7H,1-5H3;6H,1-5H3;1H4. The zero-order valence-electron chi connectivity index (χ0n) is 25.7. The zero-order chi connectivity index (χ0) is 28.1. The maximum Gasteiger partial charge on any atom is 0.133 e. The van der Waals surface area contributed by atoms with E-state index in [0.717, 1.165) is 22.8 Å². The first-order chi connectivity index (χ1) is 16.2. The van der Waals surface area contributed by atoms with Crippen molar-refractivity contribution in [1.82, 2.24) is 19.9 Å². The number of pyridine rings is 2. The number of hydrogen-bond acceptors (Lipinski definition) is 4. The van der Waals surface area contributed by atoms with Gasteiger partial charge in [0.1, 0.15) is 5.82 Å². The summed E-state index contributed by atoms with van der Waals surface area (Å²) in [5.41, 5.74) is 9.97. The van der Waals surface area contributed by atoms with Crippen molar-refractivity contribution >= 4 is 0 Å². The van der Waals surface area contributed by atoms with Crippen LogP contribution in [-0.4, -0.2) is 19.9 Å². The predicted molar refractivity (Wildman–Crippen MR) is 162 cm³/mol. The second-order valence-electron chi connectivity index (χ2n) is 13.0. The van der Waals surface area contributed by atoms with Gasteiger partial charge in [-0.3, -0.25) is 9.97 Å². The Labute approximate surface area is 228 Å². The van der Waals surface area contributed by atoms with Gasteiger partial charge >= 0.3 is 0 Å². The van der Waals surface area contributed by atoms with Crippen molar-refractivity contribution in [3.8, 4) is 0 Å². The smallest absolute Gasteiger partial charge is 0.133 e. The van der Waals surface area contributed by atoms with Crippen LogP contribution in [0.15, 0.2) is 30.6 Å². The lowest BCUT2D eigenvalue weighted by Crippen LogP contribution is -2.16. The molecule has 0 aliphatic carbocycles. The second-order valence-corrected chi connectivity index (χ2v) is 13.0. The summed E-state index contributed by atoms with van der Waals surface area (Å²) in [5, 5.41) is 0. The summed E-state index contributed by atoms with van der Waals surface area (Å²) in [6.45, 7) is 31.9. The molecular formula is C33H54N4. The van der Waals surface area contributed by atoms with E-state index in [9.17, 15) is 0 Å². The number of aromatic nitrogens is 4. The molecule has 0 fully saturated rings. The lowest BCUT2D eigenvalue weighted by molar-refractivity contribution is 0.542. The minimum Gasteiger partial charge on any atom is -0.260 e. The van der Waals surface area contributed by atoms with Gasteiger partial charge in [-0.25, -0.2) is 9.97 Å². The van der Waals surface area contributed by atoms with Gasteiger partial charge in [-0.1, -0.05) is 75.8 Å². The Balaban J connectivity index is 0.000000518. The van der Waals surface area contributed by atoms with Crippen molar-refractivity contribution in [3.63, 3.8) is 0 Å². The molecule has 0 bridgehead atoms. The van der Waals surface area contributed by atoms with Gasteiger partial charge in [-0.15, -0.1) is 0 Å². The van der Waals surface area contributed by atoms with Crippen molar-refractivity contribution in [1.29, 1.82) is 0 Å². The van der Waals surface area contributed by atoms with Crippen LogP contribution in [0.4, 0.5) is 0 Å². The van der Waals surface area contributed by atoms with Crippen LogP contribution >= 0.6 is 0 Å². The third-order valence-corrected chi connectivity index (χ3v) is 6.16. The fraction of sp³-hybridized carbons (Fsp3) is 0.576. The highest BCUT2D eigenvalue weighted by Crippen LogP contribution is 2.22. The molecule has 0 atom stereocenters. The Bertz CT molecular complexity index is 994. The molecule has 0 saturated carbocycles. The molecule has 0 saturated heterocycles. The fourth-order valence-corrected chi connectivity index (χ4v) is 2.97. The summed E-state index contributed by atoms with van der Waals surface area (Å²) in [4.78, 5) is 17.7. The lowest BCUT2D eigenvalue weighted by atomic mass is 9.90. The maximum atomic E-state index is 4.54. The van der Waals surface area contributed by atoms with Crippen LogP contribution in [0.25, 0.3) is 0 Å². The van der Waals surface area contributed by atoms with Crippen LogP contribution in [0.1, 0.15) is 121 Å². The van der Waals surface area contributed by atoms with Gasteiger partial charge in [0.05, 0.1) is 0 Å². The molecule has 3 aromatic heterocycles. The summed E-state index contributed by atoms with van der Waals surface area (Å²) in [7, 11) is 0. The molecule has 3 heterocycles. The molecular weight excluding hydrogens is 452 g/mol. The van der Waals surface area contributed by atoms with E-state index in [4.69, 9.17) is 0 Å². The number of aryl methyl sites for hydroxylation is 6. The molecule has 0 radical (unpaired) electrons. The van der Waals surface area contributed by atoms with Gasteiger partial charge in [0.15, 0.2) is 0 Å². The van der Waals surface area contributed by atoms with Gasteiger partial charge in [-0.2, -0.15) is 0 Å². The Hall–Kier alpha value is -2.62. The van der Waals surface area contributed by atoms with E-state index in [0.29, 0.717) is 0 Å². The first kappa shape index (κ1) is 34.4. The van der Waals surface area contributed by atoms with Crippen LogP contribution < -0.4 is 0 Å². The molecule has 4 heteroatoms. The molecule has 0 spiro atoms. The molecule has 37 heavy (non-hydrogen) atoms. The van der Waals surface area contributed by atoms with E-state index in [1.165, 1.54) is 28.1 Å². The van der Waals surface area contributed by atoms with Crippen LogP contribution in [0.2, 0.25) is 0 Å². The summed E-state index contributed by atoms with van der Waals surface area (Å²) in [5.74, 6) is 0.922. The highest BCUT2D eigenvalue weighted by molar-refractivity contribution is 5.27. The molecule has 0 unspecified atom stereocenters. The summed E-state index contributed by atoms with van der Waals surface area (Å²) in [6.07, 6.45) is 3.85. The fourth-order valence-electron chi connectivity index (χ4n) is 2.97. The van der Waals surface area contributed by atoms with Gasteiger partial charge in [0.2, 0.25) is 0 Å². The van der Waals surface area contributed by atoms with E-state index in [1.54, 1.807) is 0 Å². The molecule has 0 aromatic carbocycles. The molecule has 0 aliphatic heterocycles. The van der Waals surface area contributed by atoms with Crippen molar-refractivity contribution in [3.05, 3.63) is 81.4 Å². The number of nitrogens with zero attached hydrogens (tertiary/aromatic N) is 4.